The number of aliphatic hydroxyl groups is 2. The van der Waals surface area contributed by atoms with Crippen LogP contribution in [-0.4, -0.2) is 41.2 Å². The minimum absolute atomic E-state index is 0.263. The number of carbonyl (C=O) groups is 1. The summed E-state index contributed by atoms with van der Waals surface area (Å²) in [4.78, 5) is 15.4. The second-order valence-corrected chi connectivity index (χ2v) is 3.21. The molecule has 6 heteroatoms. The van der Waals surface area contributed by atoms with Gasteiger partial charge in [0.25, 0.3) is 0 Å². The molecule has 1 fully saturated rings. The monoisotopic (exact) mass is 205 g/mol. The number of carbonyl (C=O) groups excluding carboxylic acids is 1. The average molecular weight is 205 g/mol. The van der Waals surface area contributed by atoms with Crippen molar-refractivity contribution in [2.45, 2.75) is 38.3 Å². The van der Waals surface area contributed by atoms with Crippen LogP contribution in [0.5, 0.6) is 0 Å². The van der Waals surface area contributed by atoms with E-state index in [-0.39, 0.29) is 12.5 Å². The van der Waals surface area contributed by atoms with Crippen LogP contribution in [0.15, 0.2) is 0 Å². The summed E-state index contributed by atoms with van der Waals surface area (Å²) in [5, 5.41) is 18.2. The summed E-state index contributed by atoms with van der Waals surface area (Å²) < 4.78 is 5.16. The molecule has 3 unspecified atom stereocenters. The summed E-state index contributed by atoms with van der Waals surface area (Å²) in [6.45, 7) is 1.06. The van der Waals surface area contributed by atoms with E-state index in [0.29, 0.717) is 12.8 Å². The molecule has 1 rings (SSSR count). The molecule has 0 aromatic carbocycles. The summed E-state index contributed by atoms with van der Waals surface area (Å²) in [7, 11) is 0. The van der Waals surface area contributed by atoms with E-state index in [1.54, 1.807) is 0 Å². The van der Waals surface area contributed by atoms with Gasteiger partial charge in [-0.05, 0) is 6.42 Å². The van der Waals surface area contributed by atoms with E-state index in [1.165, 1.54) is 6.92 Å². The lowest BCUT2D eigenvalue weighted by molar-refractivity contribution is -0.249. The first-order valence-corrected chi connectivity index (χ1v) is 4.50. The van der Waals surface area contributed by atoms with Crippen LogP contribution in [0.1, 0.15) is 19.8 Å². The maximum Gasteiger partial charge on any atom is 0.240 e. The number of hydrogen-bond donors (Lipinski definition) is 3. The molecule has 1 aliphatic heterocycles. The van der Waals surface area contributed by atoms with Gasteiger partial charge >= 0.3 is 0 Å². The van der Waals surface area contributed by atoms with E-state index in [9.17, 15) is 9.90 Å². The Morgan fingerprint density at radius 2 is 2.36 bits per heavy atom. The van der Waals surface area contributed by atoms with Gasteiger partial charge in [-0.2, -0.15) is 0 Å². The molecule has 1 amide bonds. The lowest BCUT2D eigenvalue weighted by atomic mass is 10.1. The number of rotatable bonds is 3. The second-order valence-electron chi connectivity index (χ2n) is 3.21. The Bertz CT molecular complexity index is 198. The molecule has 0 spiro atoms. The molecule has 0 aromatic rings. The first kappa shape index (κ1) is 11.4. The Hall–Kier alpha value is -0.690. The maximum atomic E-state index is 10.5. The van der Waals surface area contributed by atoms with Crippen molar-refractivity contribution in [1.82, 2.24) is 5.48 Å². The van der Waals surface area contributed by atoms with Gasteiger partial charge in [0, 0.05) is 13.3 Å². The van der Waals surface area contributed by atoms with Crippen LogP contribution < -0.4 is 5.48 Å². The van der Waals surface area contributed by atoms with Gasteiger partial charge in [-0.25, -0.2) is 10.3 Å². The van der Waals surface area contributed by atoms with Gasteiger partial charge in [0.15, 0.2) is 6.29 Å². The molecule has 0 radical (unpaired) electrons. The van der Waals surface area contributed by atoms with E-state index >= 15 is 0 Å². The highest BCUT2D eigenvalue weighted by atomic mass is 16.8. The van der Waals surface area contributed by atoms with E-state index in [2.05, 4.69) is 5.48 Å². The van der Waals surface area contributed by atoms with E-state index in [1.807, 2.05) is 0 Å². The molecular weight excluding hydrogens is 190 g/mol. The van der Waals surface area contributed by atoms with Gasteiger partial charge in [0.2, 0.25) is 5.91 Å². The molecule has 0 bridgehead atoms. The maximum absolute atomic E-state index is 10.5. The van der Waals surface area contributed by atoms with Crippen LogP contribution in [0.25, 0.3) is 0 Å². The third-order valence-corrected chi connectivity index (χ3v) is 1.97. The quantitative estimate of drug-likeness (QED) is 0.510. The normalized spacial score (nSPS) is 32.6. The number of nitrogens with one attached hydrogen (secondary N) is 1. The van der Waals surface area contributed by atoms with Gasteiger partial charge in [0.1, 0.15) is 6.10 Å². The fourth-order valence-corrected chi connectivity index (χ4v) is 1.25. The zero-order valence-electron chi connectivity index (χ0n) is 7.97. The van der Waals surface area contributed by atoms with Gasteiger partial charge < -0.3 is 14.9 Å². The third kappa shape index (κ3) is 3.22. The Kier molecular flexibility index (Phi) is 4.27. The average Bonchev–Trinajstić information content (AvgIpc) is 2.16. The minimum atomic E-state index is -0.669. The van der Waals surface area contributed by atoms with E-state index in [0.717, 1.165) is 0 Å². The second kappa shape index (κ2) is 5.26. The Morgan fingerprint density at radius 3 is 2.93 bits per heavy atom. The fraction of sp³-hybridized carbons (Fsp3) is 0.875. The summed E-state index contributed by atoms with van der Waals surface area (Å²) in [5.74, 6) is -0.319. The number of hydrogen-bond acceptors (Lipinski definition) is 5. The van der Waals surface area contributed by atoms with Crippen molar-refractivity contribution in [3.8, 4) is 0 Å². The lowest BCUT2D eigenvalue weighted by Gasteiger charge is -2.31. The third-order valence-electron chi connectivity index (χ3n) is 1.97. The molecule has 3 N–H and O–H groups in total. The molecule has 0 aliphatic carbocycles. The molecule has 0 saturated carbocycles. The van der Waals surface area contributed by atoms with Crippen LogP contribution in [0, 0.1) is 0 Å². The van der Waals surface area contributed by atoms with Crippen LogP contribution >= 0.6 is 0 Å². The van der Waals surface area contributed by atoms with Gasteiger partial charge in [-0.1, -0.05) is 0 Å². The summed E-state index contributed by atoms with van der Waals surface area (Å²) in [6, 6.07) is 0. The SMILES string of the molecule is CC(=O)NOC1CCC(O)C(CO)O1. The molecule has 6 nitrogen and oxygen atoms in total. The van der Waals surface area contributed by atoms with Crippen molar-refractivity contribution < 1.29 is 24.6 Å². The molecular formula is C8H15NO5. The van der Waals surface area contributed by atoms with Gasteiger partial charge in [-0.3, -0.25) is 4.79 Å². The number of hydroxylamine groups is 1. The smallest absolute Gasteiger partial charge is 0.240 e. The Labute approximate surface area is 81.8 Å². The first-order chi connectivity index (χ1) is 6.63. The van der Waals surface area contributed by atoms with Crippen LogP contribution in [0.2, 0.25) is 0 Å². The number of aliphatic hydroxyl groups excluding tert-OH is 2. The minimum Gasteiger partial charge on any atom is -0.394 e. The lowest BCUT2D eigenvalue weighted by Crippen LogP contribution is -2.44. The molecule has 0 aromatic heterocycles. The van der Waals surface area contributed by atoms with Crippen LogP contribution in [0.4, 0.5) is 0 Å². The zero-order chi connectivity index (χ0) is 10.6. The molecule has 1 saturated heterocycles. The van der Waals surface area contributed by atoms with Gasteiger partial charge in [0.05, 0.1) is 12.7 Å². The molecule has 82 valence electrons. The van der Waals surface area contributed by atoms with E-state index < -0.39 is 18.5 Å². The van der Waals surface area contributed by atoms with Crippen molar-refractivity contribution in [3.05, 3.63) is 0 Å². The summed E-state index contributed by atoms with van der Waals surface area (Å²) in [6.07, 6.45) is -0.938. The number of ether oxygens (including phenoxy) is 1. The first-order valence-electron chi connectivity index (χ1n) is 4.50. The molecule has 14 heavy (non-hydrogen) atoms. The molecule has 1 heterocycles. The molecule has 1 aliphatic rings. The number of amides is 1. The van der Waals surface area contributed by atoms with Crippen molar-refractivity contribution in [2.24, 2.45) is 0 Å². The highest BCUT2D eigenvalue weighted by molar-refractivity contribution is 5.71. The zero-order valence-corrected chi connectivity index (χ0v) is 7.97. The predicted molar refractivity (Wildman–Crippen MR) is 45.9 cm³/mol. The predicted octanol–water partition coefficient (Wildman–Crippen LogP) is -1.09. The highest BCUT2D eigenvalue weighted by Crippen LogP contribution is 2.19. The largest absolute Gasteiger partial charge is 0.394 e. The van der Waals surface area contributed by atoms with Gasteiger partial charge in [-0.15, -0.1) is 0 Å². The van der Waals surface area contributed by atoms with Crippen molar-refractivity contribution >= 4 is 5.91 Å². The Balaban J connectivity index is 2.31. The van der Waals surface area contributed by atoms with Crippen molar-refractivity contribution in [3.63, 3.8) is 0 Å². The topological polar surface area (TPSA) is 88.0 Å². The fourth-order valence-electron chi connectivity index (χ4n) is 1.25. The van der Waals surface area contributed by atoms with Crippen LogP contribution in [0.3, 0.4) is 0 Å². The highest BCUT2D eigenvalue weighted by Gasteiger charge is 2.30. The van der Waals surface area contributed by atoms with E-state index in [4.69, 9.17) is 14.7 Å². The summed E-state index contributed by atoms with van der Waals surface area (Å²) >= 11 is 0. The summed E-state index contributed by atoms with van der Waals surface area (Å²) in [5.41, 5.74) is 2.15. The van der Waals surface area contributed by atoms with Crippen molar-refractivity contribution in [1.29, 1.82) is 0 Å². The standard InChI is InChI=1S/C8H15NO5/c1-5(11)9-14-8-3-2-6(12)7(4-10)13-8/h6-8,10,12H,2-4H2,1H3,(H,9,11). The van der Waals surface area contributed by atoms with Crippen molar-refractivity contribution in [2.75, 3.05) is 6.61 Å². The Morgan fingerprint density at radius 1 is 1.64 bits per heavy atom. The van der Waals surface area contributed by atoms with Crippen LogP contribution in [-0.2, 0) is 14.4 Å². The molecule has 3 atom stereocenters.